The summed E-state index contributed by atoms with van der Waals surface area (Å²) in [4.78, 5) is 11.9. The van der Waals surface area contributed by atoms with Crippen LogP contribution in [0.15, 0.2) is 0 Å². The fourth-order valence-electron chi connectivity index (χ4n) is 5.39. The summed E-state index contributed by atoms with van der Waals surface area (Å²) in [5.74, 6) is 2.13. The molecule has 0 aromatic heterocycles. The predicted octanol–water partition coefficient (Wildman–Crippen LogP) is 13.0. The van der Waals surface area contributed by atoms with Crippen LogP contribution in [0.4, 0.5) is 0 Å². The lowest BCUT2D eigenvalue weighted by atomic mass is 10.0. The van der Waals surface area contributed by atoms with Crippen molar-refractivity contribution in [2.24, 2.45) is 0 Å². The van der Waals surface area contributed by atoms with Gasteiger partial charge in [-0.1, -0.05) is 187 Å². The van der Waals surface area contributed by atoms with Crippen LogP contribution in [0.25, 0.3) is 0 Å². The van der Waals surface area contributed by atoms with Crippen molar-refractivity contribution in [3.63, 3.8) is 0 Å². The van der Waals surface area contributed by atoms with E-state index >= 15 is 0 Å². The molecule has 0 spiro atoms. The van der Waals surface area contributed by atoms with Crippen LogP contribution >= 0.6 is 11.8 Å². The second kappa shape index (κ2) is 35.8. The number of hydrogen-bond donors (Lipinski definition) is 0. The van der Waals surface area contributed by atoms with E-state index in [1.54, 1.807) is 0 Å². The highest BCUT2D eigenvalue weighted by molar-refractivity contribution is 7.99. The van der Waals surface area contributed by atoms with E-state index in [2.05, 4.69) is 13.8 Å². The van der Waals surface area contributed by atoms with Gasteiger partial charge in [0, 0.05) is 5.75 Å². The summed E-state index contributed by atoms with van der Waals surface area (Å²) in [5.41, 5.74) is 0. The van der Waals surface area contributed by atoms with Gasteiger partial charge < -0.3 is 4.74 Å². The third-order valence-electron chi connectivity index (χ3n) is 8.10. The molecule has 0 amide bonds. The molecule has 0 aliphatic carbocycles. The zero-order chi connectivity index (χ0) is 28.3. The van der Waals surface area contributed by atoms with Crippen LogP contribution in [0.2, 0.25) is 0 Å². The van der Waals surface area contributed by atoms with E-state index in [0.717, 1.165) is 12.2 Å². The fourth-order valence-corrected chi connectivity index (χ4v) is 6.31. The van der Waals surface area contributed by atoms with Crippen molar-refractivity contribution < 1.29 is 9.53 Å². The van der Waals surface area contributed by atoms with Gasteiger partial charge in [-0.15, -0.1) is 0 Å². The molecule has 39 heavy (non-hydrogen) atoms. The first-order chi connectivity index (χ1) is 19.3. The Balaban J connectivity index is 3.14. The summed E-state index contributed by atoms with van der Waals surface area (Å²) >= 11 is 1.93. The molecule has 0 saturated carbocycles. The molecule has 2 nitrogen and oxygen atoms in total. The van der Waals surface area contributed by atoms with Gasteiger partial charge in [0.2, 0.25) is 0 Å². The van der Waals surface area contributed by atoms with Crippen LogP contribution < -0.4 is 0 Å². The van der Waals surface area contributed by atoms with Crippen LogP contribution in [-0.4, -0.2) is 24.1 Å². The number of ether oxygens (including phenoxy) is 1. The van der Waals surface area contributed by atoms with Crippen molar-refractivity contribution in [1.29, 1.82) is 0 Å². The van der Waals surface area contributed by atoms with E-state index in [9.17, 15) is 4.79 Å². The van der Waals surface area contributed by atoms with E-state index in [-0.39, 0.29) is 5.97 Å². The summed E-state index contributed by atoms with van der Waals surface area (Å²) in [6, 6.07) is 0. The maximum atomic E-state index is 11.9. The molecule has 0 N–H and O–H groups in total. The highest BCUT2D eigenvalue weighted by atomic mass is 32.2. The van der Waals surface area contributed by atoms with Crippen LogP contribution in [-0.2, 0) is 9.53 Å². The van der Waals surface area contributed by atoms with Crippen molar-refractivity contribution in [3.8, 4) is 0 Å². The molecule has 3 heteroatoms. The maximum absolute atomic E-state index is 11.9. The van der Waals surface area contributed by atoms with Gasteiger partial charge in [0.05, 0.1) is 13.0 Å². The van der Waals surface area contributed by atoms with Gasteiger partial charge >= 0.3 is 5.97 Å². The maximum Gasteiger partial charge on any atom is 0.306 e. The molecule has 0 aromatic rings. The van der Waals surface area contributed by atoms with Gasteiger partial charge in [-0.2, -0.15) is 11.8 Å². The Kier molecular flexibility index (Phi) is 35.7. The molecule has 0 bridgehead atoms. The number of hydrogen-bond acceptors (Lipinski definition) is 3. The number of rotatable bonds is 34. The van der Waals surface area contributed by atoms with E-state index < -0.39 is 0 Å². The molecule has 0 radical (unpaired) electrons. The van der Waals surface area contributed by atoms with Crippen LogP contribution in [0.3, 0.4) is 0 Å². The lowest BCUT2D eigenvalue weighted by Gasteiger charge is -2.06. The first-order valence-corrected chi connectivity index (χ1v) is 19.2. The Morgan fingerprint density at radius 1 is 0.410 bits per heavy atom. The standard InChI is InChI=1S/C36H72O2S/c1-3-5-7-9-11-13-15-17-19-21-23-25-27-29-31-34-39-35-32-36(37)38-33-30-28-26-24-22-20-18-16-14-12-10-8-6-4-2/h3-35H2,1-2H3. The number of carbonyl (C=O) groups excluding carboxylic acids is 1. The molecule has 0 unspecified atom stereocenters. The molecule has 0 aliphatic rings. The third-order valence-corrected chi connectivity index (χ3v) is 9.17. The zero-order valence-corrected chi connectivity index (χ0v) is 27.9. The molecule has 0 saturated heterocycles. The number of carbonyl (C=O) groups is 1. The Morgan fingerprint density at radius 3 is 1.08 bits per heavy atom. The van der Waals surface area contributed by atoms with E-state index in [1.165, 1.54) is 186 Å². The lowest BCUT2D eigenvalue weighted by molar-refractivity contribution is -0.143. The van der Waals surface area contributed by atoms with E-state index in [4.69, 9.17) is 4.74 Å². The highest BCUT2D eigenvalue weighted by Gasteiger charge is 2.03. The summed E-state index contributed by atoms with van der Waals surface area (Å²) in [5, 5.41) is 0. The van der Waals surface area contributed by atoms with Crippen molar-refractivity contribution in [1.82, 2.24) is 0 Å². The molecule has 0 aromatic carbocycles. The smallest absolute Gasteiger partial charge is 0.306 e. The SMILES string of the molecule is CCCCCCCCCCCCCCCCCSCCC(=O)OCCCCCCCCCCCCCCCC. The number of thioether (sulfide) groups is 1. The van der Waals surface area contributed by atoms with Gasteiger partial charge in [-0.25, -0.2) is 0 Å². The van der Waals surface area contributed by atoms with Crippen molar-refractivity contribution in [3.05, 3.63) is 0 Å². The summed E-state index contributed by atoms with van der Waals surface area (Å²) in [6.07, 6.45) is 40.9. The van der Waals surface area contributed by atoms with E-state index in [0.29, 0.717) is 13.0 Å². The average molecular weight is 569 g/mol. The Hall–Kier alpha value is -0.180. The van der Waals surface area contributed by atoms with Gasteiger partial charge in [-0.05, 0) is 18.6 Å². The lowest BCUT2D eigenvalue weighted by Crippen LogP contribution is -2.07. The van der Waals surface area contributed by atoms with Gasteiger partial charge in [-0.3, -0.25) is 4.79 Å². The molecule has 0 rings (SSSR count). The van der Waals surface area contributed by atoms with Crippen LogP contribution in [0, 0.1) is 0 Å². The number of esters is 1. The second-order valence-electron chi connectivity index (χ2n) is 12.1. The normalized spacial score (nSPS) is 11.3. The molecular weight excluding hydrogens is 496 g/mol. The van der Waals surface area contributed by atoms with Gasteiger partial charge in [0.1, 0.15) is 0 Å². The monoisotopic (exact) mass is 569 g/mol. The molecule has 0 fully saturated rings. The Morgan fingerprint density at radius 2 is 0.718 bits per heavy atom. The first kappa shape index (κ1) is 38.8. The number of unbranched alkanes of at least 4 members (excludes halogenated alkanes) is 27. The quantitative estimate of drug-likeness (QED) is 0.0570. The minimum absolute atomic E-state index is 0.00804. The molecule has 0 heterocycles. The minimum Gasteiger partial charge on any atom is -0.466 e. The second-order valence-corrected chi connectivity index (χ2v) is 13.4. The summed E-state index contributed by atoms with van der Waals surface area (Å²) in [6.45, 7) is 5.21. The third kappa shape index (κ3) is 35.8. The molecule has 234 valence electrons. The average Bonchev–Trinajstić information content (AvgIpc) is 2.94. The summed E-state index contributed by atoms with van der Waals surface area (Å²) < 4.78 is 5.43. The van der Waals surface area contributed by atoms with Gasteiger partial charge in [0.15, 0.2) is 0 Å². The predicted molar refractivity (Wildman–Crippen MR) is 178 cm³/mol. The summed E-state index contributed by atoms with van der Waals surface area (Å²) in [7, 11) is 0. The van der Waals surface area contributed by atoms with Gasteiger partial charge in [0.25, 0.3) is 0 Å². The molecule has 0 atom stereocenters. The van der Waals surface area contributed by atoms with Crippen molar-refractivity contribution in [2.45, 2.75) is 206 Å². The highest BCUT2D eigenvalue weighted by Crippen LogP contribution is 2.15. The first-order valence-electron chi connectivity index (χ1n) is 18.0. The van der Waals surface area contributed by atoms with Crippen molar-refractivity contribution >= 4 is 17.7 Å². The van der Waals surface area contributed by atoms with E-state index in [1.807, 2.05) is 11.8 Å². The Labute approximate surface area is 251 Å². The molecular formula is C36H72O2S. The topological polar surface area (TPSA) is 26.3 Å². The van der Waals surface area contributed by atoms with Crippen LogP contribution in [0.1, 0.15) is 206 Å². The molecule has 0 aliphatic heterocycles. The zero-order valence-electron chi connectivity index (χ0n) is 27.1. The largest absolute Gasteiger partial charge is 0.466 e. The van der Waals surface area contributed by atoms with Crippen LogP contribution in [0.5, 0.6) is 0 Å². The fraction of sp³-hybridized carbons (Fsp3) is 0.972. The van der Waals surface area contributed by atoms with Crippen molar-refractivity contribution in [2.75, 3.05) is 18.1 Å². The Bertz CT molecular complexity index is 453. The minimum atomic E-state index is 0.00804.